The van der Waals surface area contributed by atoms with E-state index in [0.717, 1.165) is 24.3 Å². The van der Waals surface area contributed by atoms with Crippen molar-refractivity contribution in [1.29, 1.82) is 0 Å². The molecule has 0 amide bonds. The number of hydrogen-bond donors (Lipinski definition) is 0. The van der Waals surface area contributed by atoms with Gasteiger partial charge in [0.2, 0.25) is 0 Å². The van der Waals surface area contributed by atoms with Crippen molar-refractivity contribution in [3.63, 3.8) is 0 Å². The van der Waals surface area contributed by atoms with E-state index in [1.54, 1.807) is 0 Å². The van der Waals surface area contributed by atoms with Gasteiger partial charge in [-0.25, -0.2) is 17.6 Å². The van der Waals surface area contributed by atoms with Gasteiger partial charge in [0.1, 0.15) is 5.75 Å². The second kappa shape index (κ2) is 5.27. The van der Waals surface area contributed by atoms with Crippen LogP contribution in [-0.2, 0) is 0 Å². The molecular weight excluding hydrogens is 305 g/mol. The Kier molecular flexibility index (Phi) is 3.80. The van der Waals surface area contributed by atoms with Crippen LogP contribution in [-0.4, -0.2) is 6.36 Å². The Labute approximate surface area is 113 Å². The summed E-state index contributed by atoms with van der Waals surface area (Å²) in [5.74, 6) is -8.07. The number of rotatable bonds is 2. The summed E-state index contributed by atoms with van der Waals surface area (Å²) in [4.78, 5) is 0. The molecule has 0 aliphatic carbocycles. The molecule has 0 fully saturated rings. The summed E-state index contributed by atoms with van der Waals surface area (Å²) < 4.78 is 93.8. The van der Waals surface area contributed by atoms with E-state index in [9.17, 15) is 30.7 Å². The molecule has 2 aromatic rings. The third kappa shape index (κ3) is 3.09. The van der Waals surface area contributed by atoms with Gasteiger partial charge in [-0.05, 0) is 6.07 Å². The maximum Gasteiger partial charge on any atom is 0.573 e. The Bertz CT molecular complexity index is 653. The van der Waals surface area contributed by atoms with Crippen molar-refractivity contribution in [2.75, 3.05) is 0 Å². The van der Waals surface area contributed by atoms with Gasteiger partial charge in [-0.3, -0.25) is 0 Å². The number of benzene rings is 2. The lowest BCUT2D eigenvalue weighted by molar-refractivity contribution is -0.274. The quantitative estimate of drug-likeness (QED) is 0.571. The minimum Gasteiger partial charge on any atom is -0.405 e. The molecule has 0 saturated heterocycles. The van der Waals surface area contributed by atoms with Crippen molar-refractivity contribution < 1.29 is 35.5 Å². The fourth-order valence-corrected chi connectivity index (χ4v) is 1.70. The van der Waals surface area contributed by atoms with Crippen molar-refractivity contribution in [2.45, 2.75) is 6.36 Å². The largest absolute Gasteiger partial charge is 0.573 e. The fraction of sp³-hybridized carbons (Fsp3) is 0.0769. The van der Waals surface area contributed by atoms with Gasteiger partial charge in [-0.15, -0.1) is 13.2 Å². The summed E-state index contributed by atoms with van der Waals surface area (Å²) in [7, 11) is 0. The van der Waals surface area contributed by atoms with Crippen LogP contribution in [0, 0.1) is 23.3 Å². The van der Waals surface area contributed by atoms with Crippen LogP contribution in [0.15, 0.2) is 30.3 Å². The number of halogens is 7. The van der Waals surface area contributed by atoms with Crippen LogP contribution < -0.4 is 4.74 Å². The zero-order valence-corrected chi connectivity index (χ0v) is 9.94. The van der Waals surface area contributed by atoms with Crippen molar-refractivity contribution in [2.24, 2.45) is 0 Å². The van der Waals surface area contributed by atoms with E-state index in [-0.39, 0.29) is 6.07 Å². The van der Waals surface area contributed by atoms with Crippen LogP contribution >= 0.6 is 0 Å². The first-order valence-corrected chi connectivity index (χ1v) is 5.39. The van der Waals surface area contributed by atoms with Gasteiger partial charge in [-0.2, -0.15) is 0 Å². The van der Waals surface area contributed by atoms with Gasteiger partial charge in [0.05, 0.1) is 5.56 Å². The molecule has 0 saturated carbocycles. The van der Waals surface area contributed by atoms with Crippen molar-refractivity contribution in [1.82, 2.24) is 0 Å². The molecule has 0 radical (unpaired) electrons. The Morgan fingerprint density at radius 3 is 1.86 bits per heavy atom. The summed E-state index contributed by atoms with van der Waals surface area (Å²) in [6.45, 7) is 0. The first-order valence-electron chi connectivity index (χ1n) is 5.39. The normalized spacial score (nSPS) is 11.6. The van der Waals surface area contributed by atoms with E-state index in [4.69, 9.17) is 0 Å². The van der Waals surface area contributed by atoms with Gasteiger partial charge in [0, 0.05) is 11.6 Å². The van der Waals surface area contributed by atoms with Gasteiger partial charge >= 0.3 is 6.36 Å². The Morgan fingerprint density at radius 2 is 1.33 bits per heavy atom. The van der Waals surface area contributed by atoms with E-state index < -0.39 is 46.5 Å². The zero-order chi connectivity index (χ0) is 15.8. The molecule has 0 spiro atoms. The Hall–Kier alpha value is -2.25. The Balaban J connectivity index is 2.69. The highest BCUT2D eigenvalue weighted by Gasteiger charge is 2.33. The molecule has 8 heteroatoms. The minimum absolute atomic E-state index is 0.0403. The SMILES string of the molecule is Fc1cc(F)c(F)c(-c2ccccc2OC(F)(F)F)c1F. The third-order valence-corrected chi connectivity index (χ3v) is 2.49. The molecule has 0 N–H and O–H groups in total. The predicted molar refractivity (Wildman–Crippen MR) is 58.4 cm³/mol. The lowest BCUT2D eigenvalue weighted by Gasteiger charge is -2.14. The molecule has 0 bridgehead atoms. The number of hydrogen-bond acceptors (Lipinski definition) is 1. The van der Waals surface area contributed by atoms with Gasteiger partial charge in [0.15, 0.2) is 23.3 Å². The third-order valence-electron chi connectivity index (χ3n) is 2.49. The van der Waals surface area contributed by atoms with E-state index in [0.29, 0.717) is 0 Å². The van der Waals surface area contributed by atoms with E-state index >= 15 is 0 Å². The van der Waals surface area contributed by atoms with Crippen LogP contribution in [0.5, 0.6) is 5.75 Å². The molecule has 21 heavy (non-hydrogen) atoms. The molecule has 0 unspecified atom stereocenters. The molecule has 0 heterocycles. The highest BCUT2D eigenvalue weighted by molar-refractivity contribution is 5.71. The van der Waals surface area contributed by atoms with Crippen LogP contribution in [0.3, 0.4) is 0 Å². The summed E-state index contributed by atoms with van der Waals surface area (Å²) in [6, 6.07) is 3.82. The van der Waals surface area contributed by atoms with Crippen molar-refractivity contribution >= 4 is 0 Å². The minimum atomic E-state index is -5.13. The number of para-hydroxylation sites is 1. The lowest BCUT2D eigenvalue weighted by atomic mass is 10.0. The second-order valence-corrected chi connectivity index (χ2v) is 3.89. The smallest absolute Gasteiger partial charge is 0.405 e. The summed E-state index contributed by atoms with van der Waals surface area (Å²) in [6.07, 6.45) is -5.13. The lowest BCUT2D eigenvalue weighted by Crippen LogP contribution is -2.17. The predicted octanol–water partition coefficient (Wildman–Crippen LogP) is 4.81. The molecule has 2 rings (SSSR count). The van der Waals surface area contributed by atoms with Gasteiger partial charge in [-0.1, -0.05) is 18.2 Å². The average Bonchev–Trinajstić information content (AvgIpc) is 2.37. The highest BCUT2D eigenvalue weighted by Crippen LogP contribution is 2.37. The maximum atomic E-state index is 13.6. The van der Waals surface area contributed by atoms with Crippen LogP contribution in [0.4, 0.5) is 30.7 Å². The van der Waals surface area contributed by atoms with Crippen LogP contribution in [0.2, 0.25) is 0 Å². The van der Waals surface area contributed by atoms with Crippen LogP contribution in [0.25, 0.3) is 11.1 Å². The highest BCUT2D eigenvalue weighted by atomic mass is 19.4. The maximum absolute atomic E-state index is 13.6. The van der Waals surface area contributed by atoms with E-state index in [1.165, 1.54) is 0 Å². The van der Waals surface area contributed by atoms with Gasteiger partial charge in [0.25, 0.3) is 0 Å². The Morgan fingerprint density at radius 1 is 0.810 bits per heavy atom. The fourth-order valence-electron chi connectivity index (χ4n) is 1.70. The standard InChI is InChI=1S/C13H5F7O/c14-7-5-8(15)12(17)10(11(7)16)6-3-1-2-4-9(6)21-13(18,19)20/h1-5H. The number of alkyl halides is 3. The van der Waals surface area contributed by atoms with Crippen molar-refractivity contribution in [3.8, 4) is 16.9 Å². The van der Waals surface area contributed by atoms with E-state index in [2.05, 4.69) is 4.74 Å². The molecule has 0 aliphatic rings. The molecular formula is C13H5F7O. The molecule has 0 aliphatic heterocycles. The number of ether oxygens (including phenoxy) is 1. The summed E-state index contributed by atoms with van der Waals surface area (Å²) in [5.41, 5.74) is -2.03. The topological polar surface area (TPSA) is 9.23 Å². The first kappa shape index (κ1) is 15.1. The van der Waals surface area contributed by atoms with E-state index in [1.807, 2.05) is 0 Å². The first-order chi connectivity index (χ1) is 9.70. The second-order valence-electron chi connectivity index (χ2n) is 3.89. The monoisotopic (exact) mass is 310 g/mol. The van der Waals surface area contributed by atoms with Crippen LogP contribution in [0.1, 0.15) is 0 Å². The average molecular weight is 310 g/mol. The van der Waals surface area contributed by atoms with Crippen molar-refractivity contribution in [3.05, 3.63) is 53.6 Å². The summed E-state index contributed by atoms with van der Waals surface area (Å²) >= 11 is 0. The summed E-state index contributed by atoms with van der Waals surface area (Å²) in [5, 5.41) is 0. The molecule has 112 valence electrons. The molecule has 0 aromatic heterocycles. The van der Waals surface area contributed by atoms with Gasteiger partial charge < -0.3 is 4.74 Å². The molecule has 1 nitrogen and oxygen atoms in total. The zero-order valence-electron chi connectivity index (χ0n) is 9.94. The molecule has 2 aromatic carbocycles. The molecule has 0 atom stereocenters.